The van der Waals surface area contributed by atoms with E-state index < -0.39 is 10.1 Å². The van der Waals surface area contributed by atoms with Crippen LogP contribution in [0.1, 0.15) is 30.9 Å². The van der Waals surface area contributed by atoms with Crippen molar-refractivity contribution in [2.45, 2.75) is 37.2 Å². The molecule has 0 saturated carbocycles. The monoisotopic (exact) mass is 394 g/mol. The van der Waals surface area contributed by atoms with Gasteiger partial charge in [0.1, 0.15) is 11.4 Å². The van der Waals surface area contributed by atoms with Gasteiger partial charge in [0.25, 0.3) is 10.1 Å². The lowest BCUT2D eigenvalue weighted by molar-refractivity contribution is -0.113. The average molecular weight is 394 g/mol. The summed E-state index contributed by atoms with van der Waals surface area (Å²) in [7, 11) is -4.02. The molecule has 0 spiro atoms. The molecule has 1 saturated heterocycles. The van der Waals surface area contributed by atoms with Crippen LogP contribution in [0.5, 0.6) is 5.75 Å². The topological polar surface area (TPSA) is 93.1 Å². The SMILES string of the molecule is CCOC1(c2ccccc2O)CCOCC1.Cc1ccc(S(=O)(=O)O)cc1. The molecule has 0 atom stereocenters. The second-order valence-electron chi connectivity index (χ2n) is 6.34. The van der Waals surface area contributed by atoms with E-state index in [-0.39, 0.29) is 10.5 Å². The van der Waals surface area contributed by atoms with Gasteiger partial charge < -0.3 is 14.6 Å². The zero-order valence-corrected chi connectivity index (χ0v) is 16.4. The molecule has 1 heterocycles. The highest BCUT2D eigenvalue weighted by Gasteiger charge is 2.36. The van der Waals surface area contributed by atoms with Crippen LogP contribution in [0, 0.1) is 6.92 Å². The Labute approximate surface area is 160 Å². The Morgan fingerprint density at radius 1 is 1.07 bits per heavy atom. The third-order valence-corrected chi connectivity index (χ3v) is 5.30. The van der Waals surface area contributed by atoms with Gasteiger partial charge in [0.15, 0.2) is 0 Å². The van der Waals surface area contributed by atoms with Gasteiger partial charge in [-0.3, -0.25) is 4.55 Å². The van der Waals surface area contributed by atoms with Gasteiger partial charge >= 0.3 is 0 Å². The molecule has 1 aliphatic rings. The lowest BCUT2D eigenvalue weighted by atomic mass is 9.85. The molecule has 0 radical (unpaired) electrons. The largest absolute Gasteiger partial charge is 0.508 e. The summed E-state index contributed by atoms with van der Waals surface area (Å²) in [5.41, 5.74) is 1.48. The molecular formula is C20H26O6S. The molecule has 3 rings (SSSR count). The predicted octanol–water partition coefficient (Wildman–Crippen LogP) is 3.68. The first-order valence-corrected chi connectivity index (χ1v) is 10.3. The Balaban J connectivity index is 0.000000208. The van der Waals surface area contributed by atoms with Crippen molar-refractivity contribution in [3.05, 3.63) is 59.7 Å². The number of benzene rings is 2. The molecule has 2 aromatic carbocycles. The van der Waals surface area contributed by atoms with E-state index in [1.807, 2.05) is 32.0 Å². The number of rotatable bonds is 4. The van der Waals surface area contributed by atoms with Gasteiger partial charge in [0.2, 0.25) is 0 Å². The number of aryl methyl sites for hydroxylation is 1. The summed E-state index contributed by atoms with van der Waals surface area (Å²) in [6.45, 7) is 5.85. The predicted molar refractivity (Wildman–Crippen MR) is 102 cm³/mol. The summed E-state index contributed by atoms with van der Waals surface area (Å²) >= 11 is 0. The summed E-state index contributed by atoms with van der Waals surface area (Å²) in [5, 5.41) is 9.93. The number of aromatic hydroxyl groups is 1. The van der Waals surface area contributed by atoms with E-state index in [0.29, 0.717) is 25.6 Å². The molecule has 7 heteroatoms. The Morgan fingerprint density at radius 2 is 1.67 bits per heavy atom. The van der Waals surface area contributed by atoms with Crippen molar-refractivity contribution in [3.8, 4) is 5.75 Å². The second-order valence-corrected chi connectivity index (χ2v) is 7.77. The van der Waals surface area contributed by atoms with Crippen LogP contribution in [-0.2, 0) is 25.2 Å². The number of para-hydroxylation sites is 1. The first-order chi connectivity index (χ1) is 12.8. The van der Waals surface area contributed by atoms with E-state index in [2.05, 4.69) is 0 Å². The summed E-state index contributed by atoms with van der Waals surface area (Å²) in [4.78, 5) is -0.0666. The van der Waals surface area contributed by atoms with Gasteiger partial charge in [-0.1, -0.05) is 35.9 Å². The van der Waals surface area contributed by atoms with Crippen LogP contribution < -0.4 is 0 Å². The molecule has 0 unspecified atom stereocenters. The van der Waals surface area contributed by atoms with Gasteiger partial charge in [-0.2, -0.15) is 8.42 Å². The van der Waals surface area contributed by atoms with Crippen LogP contribution in [0.2, 0.25) is 0 Å². The van der Waals surface area contributed by atoms with E-state index in [1.165, 1.54) is 12.1 Å². The highest BCUT2D eigenvalue weighted by Crippen LogP contribution is 2.40. The van der Waals surface area contributed by atoms with Gasteiger partial charge in [0, 0.05) is 38.2 Å². The minimum absolute atomic E-state index is 0.0666. The molecule has 1 fully saturated rings. The van der Waals surface area contributed by atoms with Crippen molar-refractivity contribution in [2.75, 3.05) is 19.8 Å². The van der Waals surface area contributed by atoms with Crippen molar-refractivity contribution in [1.82, 2.24) is 0 Å². The molecule has 27 heavy (non-hydrogen) atoms. The van der Waals surface area contributed by atoms with Crippen LogP contribution in [0.15, 0.2) is 53.4 Å². The minimum atomic E-state index is -4.02. The lowest BCUT2D eigenvalue weighted by Crippen LogP contribution is -2.36. The molecule has 0 aromatic heterocycles. The van der Waals surface area contributed by atoms with Gasteiger partial charge in [-0.25, -0.2) is 0 Å². The highest BCUT2D eigenvalue weighted by atomic mass is 32.2. The average Bonchev–Trinajstić information content (AvgIpc) is 2.63. The van der Waals surface area contributed by atoms with Crippen LogP contribution in [0.25, 0.3) is 0 Å². The maximum absolute atomic E-state index is 10.5. The molecule has 2 aromatic rings. The van der Waals surface area contributed by atoms with Crippen molar-refractivity contribution in [1.29, 1.82) is 0 Å². The fourth-order valence-corrected chi connectivity index (χ4v) is 3.52. The van der Waals surface area contributed by atoms with Crippen LogP contribution in [-0.4, -0.2) is 37.9 Å². The number of ether oxygens (including phenoxy) is 2. The standard InChI is InChI=1S/C13H18O3.C7H8O3S/c1-2-16-13(7-9-15-10-8-13)11-5-3-4-6-12(11)14;1-6-2-4-7(5-3-6)11(8,9)10/h3-6,14H,2,7-10H2,1H3;2-5H,1H3,(H,8,9,10). The number of phenols is 1. The first-order valence-electron chi connectivity index (χ1n) is 8.83. The number of phenolic OH excluding ortho intramolecular Hbond substituents is 1. The van der Waals surface area contributed by atoms with Crippen molar-refractivity contribution >= 4 is 10.1 Å². The summed E-state index contributed by atoms with van der Waals surface area (Å²) in [6.07, 6.45) is 1.61. The quantitative estimate of drug-likeness (QED) is 0.769. The van der Waals surface area contributed by atoms with E-state index in [0.717, 1.165) is 24.0 Å². The molecular weight excluding hydrogens is 368 g/mol. The zero-order chi connectivity index (χ0) is 19.9. The molecule has 148 valence electrons. The van der Waals surface area contributed by atoms with Crippen molar-refractivity contribution in [3.63, 3.8) is 0 Å². The van der Waals surface area contributed by atoms with E-state index in [4.69, 9.17) is 14.0 Å². The molecule has 0 aliphatic carbocycles. The fraction of sp³-hybridized carbons (Fsp3) is 0.400. The van der Waals surface area contributed by atoms with E-state index in [9.17, 15) is 13.5 Å². The molecule has 2 N–H and O–H groups in total. The van der Waals surface area contributed by atoms with E-state index >= 15 is 0 Å². The number of hydrogen-bond donors (Lipinski definition) is 2. The third-order valence-electron chi connectivity index (χ3n) is 4.43. The maximum Gasteiger partial charge on any atom is 0.294 e. The molecule has 6 nitrogen and oxygen atoms in total. The summed E-state index contributed by atoms with van der Waals surface area (Å²) in [6, 6.07) is 13.4. The zero-order valence-electron chi connectivity index (χ0n) is 15.6. The Morgan fingerprint density at radius 3 is 2.19 bits per heavy atom. The van der Waals surface area contributed by atoms with Gasteiger partial charge in [-0.05, 0) is 32.0 Å². The van der Waals surface area contributed by atoms with Crippen LogP contribution >= 0.6 is 0 Å². The van der Waals surface area contributed by atoms with Gasteiger partial charge in [-0.15, -0.1) is 0 Å². The van der Waals surface area contributed by atoms with Gasteiger partial charge in [0.05, 0.1) is 4.90 Å². The summed E-state index contributed by atoms with van der Waals surface area (Å²) < 4.78 is 40.8. The minimum Gasteiger partial charge on any atom is -0.508 e. The molecule has 0 amide bonds. The van der Waals surface area contributed by atoms with Crippen molar-refractivity contribution in [2.24, 2.45) is 0 Å². The fourth-order valence-electron chi connectivity index (χ4n) is 3.04. The molecule has 1 aliphatic heterocycles. The van der Waals surface area contributed by atoms with E-state index in [1.54, 1.807) is 18.2 Å². The smallest absolute Gasteiger partial charge is 0.294 e. The Hall–Kier alpha value is -1.93. The van der Waals surface area contributed by atoms with Crippen LogP contribution in [0.3, 0.4) is 0 Å². The van der Waals surface area contributed by atoms with Crippen LogP contribution in [0.4, 0.5) is 0 Å². The lowest BCUT2D eigenvalue weighted by Gasteiger charge is -2.37. The summed E-state index contributed by atoms with van der Waals surface area (Å²) in [5.74, 6) is 0.317. The number of hydrogen-bond acceptors (Lipinski definition) is 5. The second kappa shape index (κ2) is 9.32. The Kier molecular flexibility index (Phi) is 7.38. The molecule has 0 bridgehead atoms. The Bertz CT molecular complexity index is 818. The normalized spacial score (nSPS) is 16.3. The first kappa shape index (κ1) is 21.4. The highest BCUT2D eigenvalue weighted by molar-refractivity contribution is 7.85. The third kappa shape index (κ3) is 5.77. The maximum atomic E-state index is 10.5. The van der Waals surface area contributed by atoms with Crippen molar-refractivity contribution < 1.29 is 27.6 Å².